The monoisotopic (exact) mass is 492 g/mol. The Labute approximate surface area is 202 Å². The van der Waals surface area contributed by atoms with Crippen molar-refractivity contribution in [3.63, 3.8) is 0 Å². The number of aromatic nitrogens is 1. The molecule has 0 unspecified atom stereocenters. The Morgan fingerprint density at radius 1 is 1.24 bits per heavy atom. The molecule has 2 aromatic carbocycles. The van der Waals surface area contributed by atoms with Crippen molar-refractivity contribution in [1.82, 2.24) is 4.98 Å². The molecule has 34 heavy (non-hydrogen) atoms. The van der Waals surface area contributed by atoms with Crippen LogP contribution >= 0.6 is 22.9 Å². The molecular weight excluding hydrogens is 476 g/mol. The molecule has 7 nitrogen and oxygen atoms in total. The first-order chi connectivity index (χ1) is 16.4. The zero-order valence-electron chi connectivity index (χ0n) is 17.9. The van der Waals surface area contributed by atoms with Gasteiger partial charge in [-0.2, -0.15) is 0 Å². The number of fused-ring (bicyclic) bond motifs is 2. The SMILES string of the molecule is C=CCOC(=O)c1sc(N2C(=O)c3oc4ccccc4c(=O)c3[C@@H]2c2ccc(Cl)cc2)nc1C. The van der Waals surface area contributed by atoms with E-state index in [0.717, 1.165) is 11.3 Å². The zero-order chi connectivity index (χ0) is 24.0. The van der Waals surface area contributed by atoms with Crippen molar-refractivity contribution in [3.05, 3.63) is 104 Å². The highest BCUT2D eigenvalue weighted by molar-refractivity contribution is 7.17. The lowest BCUT2D eigenvalue weighted by Crippen LogP contribution is -2.29. The quantitative estimate of drug-likeness (QED) is 0.277. The lowest BCUT2D eigenvalue weighted by molar-refractivity contribution is 0.0554. The third kappa shape index (κ3) is 3.52. The molecule has 0 fully saturated rings. The van der Waals surface area contributed by atoms with Crippen LogP contribution in [-0.2, 0) is 4.74 Å². The number of hydrogen-bond acceptors (Lipinski definition) is 7. The van der Waals surface area contributed by atoms with Crippen molar-refractivity contribution in [2.75, 3.05) is 11.5 Å². The third-order valence-corrected chi connectivity index (χ3v) is 6.86. The van der Waals surface area contributed by atoms with Gasteiger partial charge >= 0.3 is 5.97 Å². The fourth-order valence-electron chi connectivity index (χ4n) is 3.95. The van der Waals surface area contributed by atoms with Crippen molar-refractivity contribution >= 4 is 50.9 Å². The Morgan fingerprint density at radius 2 is 1.97 bits per heavy atom. The number of carbonyl (C=O) groups is 2. The minimum atomic E-state index is -0.803. The molecule has 5 rings (SSSR count). The topological polar surface area (TPSA) is 89.7 Å². The molecule has 1 aliphatic rings. The van der Waals surface area contributed by atoms with Crippen molar-refractivity contribution < 1.29 is 18.7 Å². The second kappa shape index (κ2) is 8.55. The number of aryl methyl sites for hydroxylation is 1. The first-order valence-corrected chi connectivity index (χ1v) is 11.5. The van der Waals surface area contributed by atoms with Gasteiger partial charge in [0.2, 0.25) is 5.76 Å². The minimum absolute atomic E-state index is 0.0488. The van der Waals surface area contributed by atoms with E-state index in [4.69, 9.17) is 20.8 Å². The number of amides is 1. The molecule has 0 saturated carbocycles. The average molecular weight is 493 g/mol. The molecule has 2 aromatic heterocycles. The molecule has 0 radical (unpaired) electrons. The summed E-state index contributed by atoms with van der Waals surface area (Å²) in [5.41, 5.74) is 1.31. The number of halogens is 1. The van der Waals surface area contributed by atoms with Gasteiger partial charge in [-0.25, -0.2) is 9.78 Å². The summed E-state index contributed by atoms with van der Waals surface area (Å²) in [7, 11) is 0. The molecule has 3 heterocycles. The van der Waals surface area contributed by atoms with Crippen molar-refractivity contribution in [2.45, 2.75) is 13.0 Å². The normalized spacial score (nSPS) is 14.9. The first-order valence-electron chi connectivity index (χ1n) is 10.3. The Balaban J connectivity index is 1.71. The summed E-state index contributed by atoms with van der Waals surface area (Å²) in [6, 6.07) is 12.8. The highest BCUT2D eigenvalue weighted by Crippen LogP contribution is 2.43. The fourth-order valence-corrected chi connectivity index (χ4v) is 5.07. The molecule has 170 valence electrons. The number of rotatable bonds is 5. The van der Waals surface area contributed by atoms with Crippen LogP contribution in [0.2, 0.25) is 5.02 Å². The van der Waals surface area contributed by atoms with Crippen molar-refractivity contribution in [3.8, 4) is 0 Å². The number of nitrogens with zero attached hydrogens (tertiary/aromatic N) is 2. The highest BCUT2D eigenvalue weighted by Gasteiger charge is 2.45. The van der Waals surface area contributed by atoms with E-state index in [1.54, 1.807) is 55.5 Å². The molecule has 1 atom stereocenters. The van der Waals surface area contributed by atoms with Crippen LogP contribution in [0, 0.1) is 6.92 Å². The van der Waals surface area contributed by atoms with E-state index in [1.165, 1.54) is 11.0 Å². The van der Waals surface area contributed by atoms with E-state index in [0.29, 0.717) is 27.2 Å². The van der Waals surface area contributed by atoms with Gasteiger partial charge in [0.25, 0.3) is 5.91 Å². The number of esters is 1. The van der Waals surface area contributed by atoms with Crippen LogP contribution < -0.4 is 10.3 Å². The van der Waals surface area contributed by atoms with Gasteiger partial charge in [-0.1, -0.05) is 59.9 Å². The van der Waals surface area contributed by atoms with Gasteiger partial charge in [0.1, 0.15) is 17.1 Å². The Morgan fingerprint density at radius 3 is 2.71 bits per heavy atom. The van der Waals surface area contributed by atoms with E-state index in [2.05, 4.69) is 11.6 Å². The maximum Gasteiger partial charge on any atom is 0.350 e. The molecule has 0 N–H and O–H groups in total. The van der Waals surface area contributed by atoms with Crippen LogP contribution in [0.4, 0.5) is 5.13 Å². The number of carbonyl (C=O) groups excluding carboxylic acids is 2. The molecule has 9 heteroatoms. The second-order valence-corrected chi connectivity index (χ2v) is 9.01. The summed E-state index contributed by atoms with van der Waals surface area (Å²) in [4.78, 5) is 45.7. The number of para-hydroxylation sites is 1. The largest absolute Gasteiger partial charge is 0.457 e. The van der Waals surface area contributed by atoms with E-state index in [-0.39, 0.29) is 33.4 Å². The van der Waals surface area contributed by atoms with Gasteiger partial charge in [-0.05, 0) is 36.8 Å². The zero-order valence-corrected chi connectivity index (χ0v) is 19.5. The summed E-state index contributed by atoms with van der Waals surface area (Å²) in [5.74, 6) is -1.13. The summed E-state index contributed by atoms with van der Waals surface area (Å²) in [6.07, 6.45) is 1.47. The number of anilines is 1. The van der Waals surface area contributed by atoms with Crippen LogP contribution in [0.3, 0.4) is 0 Å². The summed E-state index contributed by atoms with van der Waals surface area (Å²) in [6.45, 7) is 5.25. The number of benzene rings is 2. The van der Waals surface area contributed by atoms with E-state index in [1.807, 2.05) is 0 Å². The summed E-state index contributed by atoms with van der Waals surface area (Å²) >= 11 is 7.10. The number of thiazole rings is 1. The molecule has 1 amide bonds. The van der Waals surface area contributed by atoms with Gasteiger partial charge < -0.3 is 9.15 Å². The van der Waals surface area contributed by atoms with Crippen LogP contribution in [0.15, 0.2) is 70.4 Å². The molecule has 1 aliphatic heterocycles. The van der Waals surface area contributed by atoms with E-state index in [9.17, 15) is 14.4 Å². The van der Waals surface area contributed by atoms with Gasteiger partial charge in [0, 0.05) is 5.02 Å². The molecule has 0 saturated heterocycles. The highest BCUT2D eigenvalue weighted by atomic mass is 35.5. The van der Waals surface area contributed by atoms with Crippen LogP contribution in [0.25, 0.3) is 11.0 Å². The summed E-state index contributed by atoms with van der Waals surface area (Å²) < 4.78 is 11.1. The van der Waals surface area contributed by atoms with Crippen molar-refractivity contribution in [1.29, 1.82) is 0 Å². The lowest BCUT2D eigenvalue weighted by atomic mass is 9.99. The molecule has 0 bridgehead atoms. The second-order valence-electron chi connectivity index (χ2n) is 7.60. The number of ether oxygens (including phenoxy) is 1. The van der Waals surface area contributed by atoms with E-state index >= 15 is 0 Å². The van der Waals surface area contributed by atoms with Gasteiger partial charge in [-0.15, -0.1) is 0 Å². The van der Waals surface area contributed by atoms with E-state index < -0.39 is 17.9 Å². The molecular formula is C25H17ClN2O5S. The number of hydrogen-bond donors (Lipinski definition) is 0. The third-order valence-electron chi connectivity index (χ3n) is 5.47. The molecule has 0 aliphatic carbocycles. The minimum Gasteiger partial charge on any atom is -0.457 e. The Kier molecular flexibility index (Phi) is 5.55. The van der Waals surface area contributed by atoms with Crippen LogP contribution in [0.1, 0.15) is 43.1 Å². The average Bonchev–Trinajstić information content (AvgIpc) is 3.36. The van der Waals surface area contributed by atoms with Gasteiger partial charge in [-0.3, -0.25) is 14.5 Å². The maximum atomic E-state index is 13.6. The summed E-state index contributed by atoms with van der Waals surface area (Å²) in [5, 5.41) is 1.14. The Hall–Kier alpha value is -3.75. The predicted octanol–water partition coefficient (Wildman–Crippen LogP) is 5.30. The fraction of sp³-hybridized carbons (Fsp3) is 0.120. The maximum absolute atomic E-state index is 13.6. The molecule has 0 spiro atoms. The Bertz CT molecular complexity index is 1520. The smallest absolute Gasteiger partial charge is 0.350 e. The molecule has 4 aromatic rings. The van der Waals surface area contributed by atoms with Gasteiger partial charge in [0.15, 0.2) is 10.6 Å². The predicted molar refractivity (Wildman–Crippen MR) is 130 cm³/mol. The van der Waals surface area contributed by atoms with Crippen molar-refractivity contribution in [2.24, 2.45) is 0 Å². The van der Waals surface area contributed by atoms with Crippen LogP contribution in [-0.4, -0.2) is 23.5 Å². The lowest BCUT2D eigenvalue weighted by Gasteiger charge is -2.22. The van der Waals surface area contributed by atoms with Gasteiger partial charge in [0.05, 0.1) is 22.7 Å². The standard InChI is InChI=1S/C25H17ClN2O5S/c1-3-12-32-24(31)22-13(2)27-25(34-22)28-19(14-8-10-15(26)11-9-14)18-20(29)16-6-4-5-7-17(16)33-21(18)23(28)30/h3-11,19H,1,12H2,2H3/t19-/m0/s1. The van der Waals surface area contributed by atoms with Crippen LogP contribution in [0.5, 0.6) is 0 Å². The first kappa shape index (κ1) is 22.1.